The van der Waals surface area contributed by atoms with Crippen LogP contribution in [0, 0.1) is 0 Å². The largest absolute Gasteiger partial charge is 0.247 e. The first-order valence-electron chi connectivity index (χ1n) is 20.4. The Bertz CT molecular complexity index is 3520. The third kappa shape index (κ3) is 5.43. The van der Waals surface area contributed by atoms with Crippen molar-refractivity contribution in [2.24, 2.45) is 0 Å². The van der Waals surface area contributed by atoms with Crippen LogP contribution < -0.4 is 0 Å². The van der Waals surface area contributed by atoms with Crippen LogP contribution in [0.1, 0.15) is 25.0 Å². The zero-order valence-corrected chi connectivity index (χ0v) is 33.8. The third-order valence-corrected chi connectivity index (χ3v) is 13.4. The predicted octanol–water partition coefficient (Wildman–Crippen LogP) is 14.6. The minimum Gasteiger partial charge on any atom is -0.247 e. The van der Waals surface area contributed by atoms with Gasteiger partial charge in [0.25, 0.3) is 0 Å². The second-order valence-electron chi connectivity index (χ2n) is 16.2. The number of hydrogen-bond donors (Lipinski definition) is 0. The number of hydrogen-bond acceptors (Lipinski definition) is 5. The monoisotopic (exact) mass is 784 g/mol. The van der Waals surface area contributed by atoms with Gasteiger partial charge in [-0.05, 0) is 69.8 Å². The molecule has 0 saturated heterocycles. The Labute approximate surface area is 351 Å². The van der Waals surface area contributed by atoms with E-state index < -0.39 is 0 Å². The Balaban J connectivity index is 1.01. The van der Waals surface area contributed by atoms with Crippen molar-refractivity contribution in [3.8, 4) is 67.7 Å². The molecular weight excluding hydrogens is 749 g/mol. The number of benzene rings is 8. The van der Waals surface area contributed by atoms with E-state index in [1.54, 1.807) is 0 Å². The number of rotatable bonds is 5. The summed E-state index contributed by atoms with van der Waals surface area (Å²) in [4.78, 5) is 20.6. The topological polar surface area (TPSA) is 51.6 Å². The van der Waals surface area contributed by atoms with Gasteiger partial charge in [0.05, 0.1) is 11.2 Å². The van der Waals surface area contributed by atoms with Gasteiger partial charge in [0.2, 0.25) is 0 Å². The van der Waals surface area contributed by atoms with Crippen molar-refractivity contribution in [2.45, 2.75) is 19.3 Å². The second-order valence-corrected chi connectivity index (χ2v) is 17.3. The first-order chi connectivity index (χ1) is 29.5. The second kappa shape index (κ2) is 13.3. The molecule has 0 unspecified atom stereocenters. The molecule has 12 rings (SSSR count). The van der Waals surface area contributed by atoms with Crippen LogP contribution in [0.15, 0.2) is 182 Å². The Morgan fingerprint density at radius 3 is 1.78 bits per heavy atom. The van der Waals surface area contributed by atoms with Gasteiger partial charge in [0.15, 0.2) is 17.5 Å². The Morgan fingerprint density at radius 1 is 0.367 bits per heavy atom. The molecule has 1 aliphatic rings. The highest BCUT2D eigenvalue weighted by molar-refractivity contribution is 7.26. The molecular formula is C55H36N4S. The van der Waals surface area contributed by atoms with E-state index in [0.29, 0.717) is 17.5 Å². The molecule has 3 heterocycles. The Hall–Kier alpha value is -7.34. The van der Waals surface area contributed by atoms with Crippen molar-refractivity contribution >= 4 is 53.2 Å². The van der Waals surface area contributed by atoms with Gasteiger partial charge >= 0.3 is 0 Å². The number of pyridine rings is 1. The molecule has 0 N–H and O–H groups in total. The molecule has 3 aromatic heterocycles. The summed E-state index contributed by atoms with van der Waals surface area (Å²) in [5, 5.41) is 6.10. The lowest BCUT2D eigenvalue weighted by molar-refractivity contribution is 0.660. The standard InChI is InChI=1S/C55H36N4S/c1-55(2)44-22-11-9-20-39(44)42-32-38(24-27-45(42)55)54-58-52(34-16-7-4-8-17-34)57-53(59-54)37-19-13-18-35(30-37)36-25-28-47-43(31-36)50-48(60-47)29-26-41-49(50)40-21-10-12-23-46(40)56-51(41)33-14-5-3-6-15-33/h3-32H,1-2H3. The SMILES string of the molecule is CC1(C)c2ccccc2-c2cc(-c3nc(-c4ccccc4)nc(-c4cccc(-c5ccc6sc7ccc8c(-c9ccccc9)nc9ccccc9c8c7c6c5)c4)n3)ccc21. The molecule has 8 aromatic carbocycles. The minimum absolute atomic E-state index is 0.0775. The fourth-order valence-corrected chi connectivity index (χ4v) is 10.4. The molecule has 282 valence electrons. The summed E-state index contributed by atoms with van der Waals surface area (Å²) in [5.41, 5.74) is 13.3. The molecule has 0 amide bonds. The summed E-state index contributed by atoms with van der Waals surface area (Å²) in [7, 11) is 0. The summed E-state index contributed by atoms with van der Waals surface area (Å²) >= 11 is 1.85. The Kier molecular flexibility index (Phi) is 7.72. The molecule has 0 fully saturated rings. The van der Waals surface area contributed by atoms with E-state index in [1.807, 2.05) is 29.5 Å². The summed E-state index contributed by atoms with van der Waals surface area (Å²) in [6.07, 6.45) is 0. The molecule has 1 aliphatic carbocycles. The van der Waals surface area contributed by atoms with E-state index in [4.69, 9.17) is 19.9 Å². The van der Waals surface area contributed by atoms with Gasteiger partial charge in [0, 0.05) is 64.0 Å². The Morgan fingerprint density at radius 2 is 0.967 bits per heavy atom. The van der Waals surface area contributed by atoms with Crippen LogP contribution in [-0.2, 0) is 5.41 Å². The maximum Gasteiger partial charge on any atom is 0.164 e. The summed E-state index contributed by atoms with van der Waals surface area (Å²) in [5.74, 6) is 1.95. The van der Waals surface area contributed by atoms with E-state index in [2.05, 4.69) is 178 Å². The van der Waals surface area contributed by atoms with Crippen LogP contribution in [0.4, 0.5) is 0 Å². The smallest absolute Gasteiger partial charge is 0.164 e. The van der Waals surface area contributed by atoms with Gasteiger partial charge in [-0.15, -0.1) is 11.3 Å². The first-order valence-corrected chi connectivity index (χ1v) is 21.2. The fraction of sp³-hybridized carbons (Fsp3) is 0.0545. The molecule has 4 nitrogen and oxygen atoms in total. The lowest BCUT2D eigenvalue weighted by Gasteiger charge is -2.21. The van der Waals surface area contributed by atoms with Crippen molar-refractivity contribution in [1.29, 1.82) is 0 Å². The van der Waals surface area contributed by atoms with Crippen LogP contribution in [-0.4, -0.2) is 19.9 Å². The van der Waals surface area contributed by atoms with Gasteiger partial charge in [-0.1, -0.05) is 159 Å². The number of nitrogens with zero attached hydrogens (tertiary/aromatic N) is 4. The van der Waals surface area contributed by atoms with Gasteiger partial charge in [-0.3, -0.25) is 0 Å². The molecule has 0 aliphatic heterocycles. The van der Waals surface area contributed by atoms with E-state index in [9.17, 15) is 0 Å². The average Bonchev–Trinajstić information content (AvgIpc) is 3.80. The van der Waals surface area contributed by atoms with Crippen LogP contribution in [0.25, 0.3) is 110 Å². The quantitative estimate of drug-likeness (QED) is 0.163. The molecule has 0 radical (unpaired) electrons. The van der Waals surface area contributed by atoms with E-state index >= 15 is 0 Å². The van der Waals surface area contributed by atoms with E-state index in [-0.39, 0.29) is 5.41 Å². The number of thiophene rings is 1. The minimum atomic E-state index is -0.0775. The van der Waals surface area contributed by atoms with Crippen LogP contribution in [0.5, 0.6) is 0 Å². The van der Waals surface area contributed by atoms with Gasteiger partial charge < -0.3 is 0 Å². The highest BCUT2D eigenvalue weighted by Crippen LogP contribution is 2.50. The molecule has 11 aromatic rings. The summed E-state index contributed by atoms with van der Waals surface area (Å²) < 4.78 is 2.53. The lowest BCUT2D eigenvalue weighted by Crippen LogP contribution is -2.14. The lowest BCUT2D eigenvalue weighted by atomic mass is 9.82. The van der Waals surface area contributed by atoms with Crippen molar-refractivity contribution < 1.29 is 0 Å². The molecule has 0 saturated carbocycles. The molecule has 0 bridgehead atoms. The zero-order chi connectivity index (χ0) is 40.0. The first kappa shape index (κ1) is 34.7. The van der Waals surface area contributed by atoms with E-state index in [0.717, 1.165) is 50.0 Å². The predicted molar refractivity (Wildman–Crippen MR) is 250 cm³/mol. The molecule has 60 heavy (non-hydrogen) atoms. The number of para-hydroxylation sites is 1. The van der Waals surface area contributed by atoms with Crippen molar-refractivity contribution in [2.75, 3.05) is 0 Å². The van der Waals surface area contributed by atoms with Crippen LogP contribution >= 0.6 is 11.3 Å². The van der Waals surface area contributed by atoms with Gasteiger partial charge in [-0.2, -0.15) is 0 Å². The zero-order valence-electron chi connectivity index (χ0n) is 33.0. The molecule has 5 heteroatoms. The summed E-state index contributed by atoms with van der Waals surface area (Å²) in [6.45, 7) is 4.61. The summed E-state index contributed by atoms with van der Waals surface area (Å²) in [6, 6.07) is 64.8. The normalized spacial score (nSPS) is 13.0. The van der Waals surface area contributed by atoms with Gasteiger partial charge in [-0.25, -0.2) is 19.9 Å². The van der Waals surface area contributed by atoms with E-state index in [1.165, 1.54) is 53.2 Å². The average molecular weight is 785 g/mol. The van der Waals surface area contributed by atoms with Gasteiger partial charge in [0.1, 0.15) is 0 Å². The highest BCUT2D eigenvalue weighted by atomic mass is 32.1. The van der Waals surface area contributed by atoms with Crippen molar-refractivity contribution in [1.82, 2.24) is 19.9 Å². The van der Waals surface area contributed by atoms with Crippen LogP contribution in [0.3, 0.4) is 0 Å². The molecule has 0 spiro atoms. The van der Waals surface area contributed by atoms with Crippen molar-refractivity contribution in [3.63, 3.8) is 0 Å². The maximum absolute atomic E-state index is 5.22. The third-order valence-electron chi connectivity index (χ3n) is 12.3. The molecule has 0 atom stereocenters. The van der Waals surface area contributed by atoms with Crippen molar-refractivity contribution in [3.05, 3.63) is 193 Å². The number of fused-ring (bicyclic) bond motifs is 10. The number of aromatic nitrogens is 4. The maximum atomic E-state index is 5.22. The highest BCUT2D eigenvalue weighted by Gasteiger charge is 2.35. The fourth-order valence-electron chi connectivity index (χ4n) is 9.35. The van der Waals surface area contributed by atoms with Crippen LogP contribution in [0.2, 0.25) is 0 Å².